The van der Waals surface area contributed by atoms with Gasteiger partial charge >= 0.3 is 0 Å². The summed E-state index contributed by atoms with van der Waals surface area (Å²) in [6.07, 6.45) is 5.88. The molecule has 0 bridgehead atoms. The first kappa shape index (κ1) is 17.2. The van der Waals surface area contributed by atoms with E-state index < -0.39 is 0 Å². The first-order valence-electron chi connectivity index (χ1n) is 8.66. The summed E-state index contributed by atoms with van der Waals surface area (Å²) in [7, 11) is 0. The van der Waals surface area contributed by atoms with Gasteiger partial charge in [-0.25, -0.2) is 0 Å². The summed E-state index contributed by atoms with van der Waals surface area (Å²) in [5.74, 6) is 0. The van der Waals surface area contributed by atoms with Crippen molar-refractivity contribution < 1.29 is 9.47 Å². The molecule has 3 heteroatoms. The lowest BCUT2D eigenvalue weighted by Gasteiger charge is -2.42. The Bertz CT molecular complexity index is 315. The number of hydrogen-bond acceptors (Lipinski definition) is 3. The molecular formula is C18H35NO2. The summed E-state index contributed by atoms with van der Waals surface area (Å²) < 4.78 is 12.2. The minimum absolute atomic E-state index is 0.0199. The molecule has 0 atom stereocenters. The van der Waals surface area contributed by atoms with E-state index in [0.29, 0.717) is 23.7 Å². The molecule has 0 aromatic heterocycles. The molecule has 1 saturated heterocycles. The molecule has 0 N–H and O–H groups in total. The first-order valence-corrected chi connectivity index (χ1v) is 8.66. The standard InChI is InChI=1S/C18H35NO2/c1-17(2,3)13-19-9-7-14(8-10-19)20-15-11-16(12-15)21-18(4,5)6/h14-16H,7-13H2,1-6H3/t15-,16-. The van der Waals surface area contributed by atoms with E-state index in [1.165, 1.54) is 32.5 Å². The lowest BCUT2D eigenvalue weighted by molar-refractivity contribution is -0.168. The average Bonchev–Trinajstić information content (AvgIpc) is 2.25. The Labute approximate surface area is 131 Å². The van der Waals surface area contributed by atoms with Crippen LogP contribution in [0, 0.1) is 5.41 Å². The Morgan fingerprint density at radius 3 is 1.90 bits per heavy atom. The van der Waals surface area contributed by atoms with E-state index >= 15 is 0 Å². The van der Waals surface area contributed by atoms with Crippen LogP contribution in [0.4, 0.5) is 0 Å². The maximum Gasteiger partial charge on any atom is 0.0631 e. The van der Waals surface area contributed by atoms with Crippen LogP contribution in [0.1, 0.15) is 67.2 Å². The van der Waals surface area contributed by atoms with Crippen molar-refractivity contribution in [3.8, 4) is 0 Å². The molecule has 0 aromatic rings. The smallest absolute Gasteiger partial charge is 0.0631 e. The average molecular weight is 297 g/mol. The molecular weight excluding hydrogens is 262 g/mol. The summed E-state index contributed by atoms with van der Waals surface area (Å²) >= 11 is 0. The summed E-state index contributed by atoms with van der Waals surface area (Å²) in [5, 5.41) is 0. The van der Waals surface area contributed by atoms with Gasteiger partial charge in [0.1, 0.15) is 0 Å². The molecule has 2 aliphatic rings. The van der Waals surface area contributed by atoms with Crippen molar-refractivity contribution in [3.05, 3.63) is 0 Å². The third kappa shape index (κ3) is 6.25. The second kappa shape index (κ2) is 6.55. The van der Waals surface area contributed by atoms with Gasteiger partial charge in [-0.3, -0.25) is 0 Å². The molecule has 0 unspecified atom stereocenters. The van der Waals surface area contributed by atoms with Crippen LogP contribution in [0.2, 0.25) is 0 Å². The van der Waals surface area contributed by atoms with Gasteiger partial charge in [0.15, 0.2) is 0 Å². The summed E-state index contributed by atoms with van der Waals surface area (Å²) in [6.45, 7) is 16.9. The van der Waals surface area contributed by atoms with E-state index in [9.17, 15) is 0 Å². The molecule has 0 spiro atoms. The van der Waals surface area contributed by atoms with Crippen LogP contribution in [0.5, 0.6) is 0 Å². The fourth-order valence-electron chi connectivity index (χ4n) is 3.37. The predicted molar refractivity (Wildman–Crippen MR) is 87.7 cm³/mol. The molecule has 21 heavy (non-hydrogen) atoms. The van der Waals surface area contributed by atoms with Gasteiger partial charge in [0.05, 0.1) is 23.9 Å². The Morgan fingerprint density at radius 2 is 1.43 bits per heavy atom. The van der Waals surface area contributed by atoms with Gasteiger partial charge in [-0.2, -0.15) is 0 Å². The van der Waals surface area contributed by atoms with Gasteiger partial charge in [0.25, 0.3) is 0 Å². The second-order valence-electron chi connectivity index (χ2n) is 9.12. The van der Waals surface area contributed by atoms with Crippen LogP contribution in [0.25, 0.3) is 0 Å². The van der Waals surface area contributed by atoms with E-state index in [2.05, 4.69) is 46.4 Å². The summed E-state index contributed by atoms with van der Waals surface area (Å²) in [4.78, 5) is 2.59. The maximum absolute atomic E-state index is 6.24. The predicted octanol–water partition coefficient (Wildman–Crippen LogP) is 3.86. The van der Waals surface area contributed by atoms with Crippen molar-refractivity contribution in [2.75, 3.05) is 19.6 Å². The van der Waals surface area contributed by atoms with Gasteiger partial charge in [0.2, 0.25) is 0 Å². The second-order valence-corrected chi connectivity index (χ2v) is 9.12. The van der Waals surface area contributed by atoms with E-state index in [4.69, 9.17) is 9.47 Å². The highest BCUT2D eigenvalue weighted by molar-refractivity contribution is 4.85. The molecule has 0 aromatic carbocycles. The fourth-order valence-corrected chi connectivity index (χ4v) is 3.37. The van der Waals surface area contributed by atoms with Crippen LogP contribution in [0.3, 0.4) is 0 Å². The number of ether oxygens (including phenoxy) is 2. The number of rotatable bonds is 4. The van der Waals surface area contributed by atoms with Gasteiger partial charge in [-0.1, -0.05) is 20.8 Å². The zero-order chi connectivity index (χ0) is 15.7. The molecule has 3 nitrogen and oxygen atoms in total. The quantitative estimate of drug-likeness (QED) is 0.786. The summed E-state index contributed by atoms with van der Waals surface area (Å²) in [6, 6.07) is 0. The van der Waals surface area contributed by atoms with Crippen molar-refractivity contribution in [1.82, 2.24) is 4.90 Å². The van der Waals surface area contributed by atoms with Crippen molar-refractivity contribution in [3.63, 3.8) is 0 Å². The fraction of sp³-hybridized carbons (Fsp3) is 1.00. The minimum atomic E-state index is -0.0199. The van der Waals surface area contributed by atoms with Crippen LogP contribution in [-0.2, 0) is 9.47 Å². The Hall–Kier alpha value is -0.120. The number of piperidine rings is 1. The lowest BCUT2D eigenvalue weighted by Crippen LogP contribution is -2.46. The number of likely N-dealkylation sites (tertiary alicyclic amines) is 1. The molecule has 2 rings (SSSR count). The zero-order valence-electron chi connectivity index (χ0n) is 14.9. The van der Waals surface area contributed by atoms with Crippen LogP contribution in [0.15, 0.2) is 0 Å². The lowest BCUT2D eigenvalue weighted by atomic mass is 9.90. The highest BCUT2D eigenvalue weighted by Crippen LogP contribution is 2.32. The van der Waals surface area contributed by atoms with Gasteiger partial charge in [-0.05, 0) is 51.9 Å². The monoisotopic (exact) mass is 297 g/mol. The molecule has 0 radical (unpaired) electrons. The molecule has 2 fully saturated rings. The first-order chi connectivity index (χ1) is 9.61. The Balaban J connectivity index is 1.60. The minimum Gasteiger partial charge on any atom is -0.375 e. The topological polar surface area (TPSA) is 21.7 Å². The van der Waals surface area contributed by atoms with Gasteiger partial charge in [-0.15, -0.1) is 0 Å². The molecule has 1 aliphatic carbocycles. The maximum atomic E-state index is 6.24. The number of hydrogen-bond donors (Lipinski definition) is 0. The highest BCUT2D eigenvalue weighted by Gasteiger charge is 2.35. The highest BCUT2D eigenvalue weighted by atomic mass is 16.5. The van der Waals surface area contributed by atoms with E-state index in [1.807, 2.05) is 0 Å². The van der Waals surface area contributed by atoms with Crippen molar-refractivity contribution in [2.45, 2.75) is 91.1 Å². The van der Waals surface area contributed by atoms with E-state index in [0.717, 1.165) is 12.8 Å². The third-order valence-corrected chi connectivity index (χ3v) is 4.19. The zero-order valence-corrected chi connectivity index (χ0v) is 14.9. The van der Waals surface area contributed by atoms with Gasteiger partial charge < -0.3 is 14.4 Å². The normalized spacial score (nSPS) is 29.4. The van der Waals surface area contributed by atoms with Crippen molar-refractivity contribution in [1.29, 1.82) is 0 Å². The Morgan fingerprint density at radius 1 is 0.857 bits per heavy atom. The molecule has 1 heterocycles. The molecule has 124 valence electrons. The largest absolute Gasteiger partial charge is 0.375 e. The van der Waals surface area contributed by atoms with Crippen LogP contribution >= 0.6 is 0 Å². The van der Waals surface area contributed by atoms with Crippen LogP contribution < -0.4 is 0 Å². The SMILES string of the molecule is CC(C)(C)CN1CCC(O[C@H]2C[C@H](OC(C)(C)C)C2)CC1. The van der Waals surface area contributed by atoms with Crippen LogP contribution in [-0.4, -0.2) is 48.4 Å². The Kier molecular flexibility index (Phi) is 5.38. The van der Waals surface area contributed by atoms with Crippen molar-refractivity contribution >= 4 is 0 Å². The third-order valence-electron chi connectivity index (χ3n) is 4.19. The number of nitrogens with zero attached hydrogens (tertiary/aromatic N) is 1. The van der Waals surface area contributed by atoms with E-state index in [1.54, 1.807) is 0 Å². The van der Waals surface area contributed by atoms with Gasteiger partial charge in [0, 0.05) is 19.6 Å². The molecule has 0 amide bonds. The molecule has 1 saturated carbocycles. The van der Waals surface area contributed by atoms with E-state index in [-0.39, 0.29) is 5.60 Å². The summed E-state index contributed by atoms with van der Waals surface area (Å²) in [5.41, 5.74) is 0.382. The molecule has 1 aliphatic heterocycles. The van der Waals surface area contributed by atoms with Crippen molar-refractivity contribution in [2.24, 2.45) is 5.41 Å².